The quantitative estimate of drug-likeness (QED) is 0.0347. The summed E-state index contributed by atoms with van der Waals surface area (Å²) in [5, 5.41) is 19.8. The molecule has 0 aromatic heterocycles. The van der Waals surface area contributed by atoms with E-state index in [1.165, 1.54) is 12.5 Å². The maximum atomic E-state index is 12.4. The van der Waals surface area contributed by atoms with Crippen LogP contribution < -0.4 is 5.32 Å². The van der Waals surface area contributed by atoms with Crippen LogP contribution in [-0.2, 0) is 40.5 Å². The number of amidine groups is 1. The number of benzene rings is 4. The monoisotopic (exact) mass is 798 g/mol. The molecule has 0 amide bonds. The summed E-state index contributed by atoms with van der Waals surface area (Å²) in [6, 6.07) is 7.23. The summed E-state index contributed by atoms with van der Waals surface area (Å²) < 4.78 is 136. The summed E-state index contributed by atoms with van der Waals surface area (Å²) in [5.74, 6) is -0.300. The van der Waals surface area contributed by atoms with E-state index in [9.17, 15) is 57.0 Å². The fraction of sp³-hybridized carbons (Fsp3) is 0.194. The average Bonchev–Trinajstić information content (AvgIpc) is 2.97. The van der Waals surface area contributed by atoms with Crippen molar-refractivity contribution in [3.8, 4) is 5.75 Å². The van der Waals surface area contributed by atoms with E-state index >= 15 is 0 Å². The topological polar surface area (TPSA) is 287 Å². The zero-order valence-electron chi connectivity index (χ0n) is 28.1. The lowest BCUT2D eigenvalue weighted by Gasteiger charge is -2.13. The number of allylic oxidation sites excluding steroid dienone is 2. The first-order chi connectivity index (χ1) is 23.6. The largest absolute Gasteiger partial charge is 0.505 e. The number of fused-ring (bicyclic) bond motifs is 2. The first kappa shape index (κ1) is 41.8. The molecule has 6 N–H and O–H groups in total. The van der Waals surface area contributed by atoms with Gasteiger partial charge >= 0.3 is 0 Å². The second-order valence-corrected chi connectivity index (χ2v) is 17.1. The molecular weight excluding hydrogens is 765 g/mol. The van der Waals surface area contributed by atoms with Gasteiger partial charge in [-0.1, -0.05) is 50.8 Å². The summed E-state index contributed by atoms with van der Waals surface area (Å²) in [7, 11) is -20.3. The van der Waals surface area contributed by atoms with Gasteiger partial charge in [-0.2, -0.15) is 33.7 Å². The normalized spacial score (nSPS) is 13.0. The van der Waals surface area contributed by atoms with Crippen molar-refractivity contribution in [2.24, 2.45) is 21.1 Å². The van der Waals surface area contributed by atoms with Gasteiger partial charge in [0.25, 0.3) is 40.5 Å². The summed E-state index contributed by atoms with van der Waals surface area (Å²) in [4.78, 5) is 0.516. The Labute approximate surface area is 300 Å². The smallest absolute Gasteiger partial charge is 0.297 e. The Morgan fingerprint density at radius 3 is 1.77 bits per heavy atom. The zero-order chi connectivity index (χ0) is 39.7. The van der Waals surface area contributed by atoms with Crippen LogP contribution in [-0.4, -0.2) is 62.8 Å². The number of phenolic OH excluding ortho intramolecular Hbond substituents is 1. The number of nitrogens with one attached hydrogen (secondary N) is 1. The van der Waals surface area contributed by atoms with E-state index < -0.39 is 82.6 Å². The molecule has 0 atom stereocenters. The number of aliphatic imine (C=N–C) groups is 1. The molecule has 4 aromatic rings. The zero-order valence-corrected chi connectivity index (χ0v) is 31.4. The van der Waals surface area contributed by atoms with E-state index in [-0.39, 0.29) is 27.7 Å². The molecular formula is C31H34N4O13S4. The van der Waals surface area contributed by atoms with Gasteiger partial charge in [0.1, 0.15) is 31.9 Å². The number of hydrogen-bond acceptors (Lipinski definition) is 12. The highest BCUT2D eigenvalue weighted by Gasteiger charge is 2.27. The van der Waals surface area contributed by atoms with Crippen molar-refractivity contribution in [3.63, 3.8) is 0 Å². The third-order valence-corrected chi connectivity index (χ3v) is 10.6. The molecule has 0 saturated carbocycles. The molecule has 4 rings (SSSR count). The average molecular weight is 799 g/mol. The summed E-state index contributed by atoms with van der Waals surface area (Å²) in [6.07, 6.45) is 0. The summed E-state index contributed by atoms with van der Waals surface area (Å²) in [6.45, 7) is 16.7. The highest BCUT2D eigenvalue weighted by atomic mass is 32.2. The molecule has 0 spiro atoms. The van der Waals surface area contributed by atoms with Gasteiger partial charge in [0.05, 0.1) is 16.0 Å². The SMILES string of the molecule is C=C(C)C(C)C.C=C(C)NC(C)=Nc1cc(S(=O)(=O)O)cc2cc(S(=O)(=O)O)c(N=Nc3ccc4c(S(=O)(=O)O)cccc4c3S(=O)(=O)O)c(O)c12. The molecule has 0 saturated heterocycles. The highest BCUT2D eigenvalue weighted by Crippen LogP contribution is 2.46. The Kier molecular flexibility index (Phi) is 12.2. The lowest BCUT2D eigenvalue weighted by atomic mass is 10.1. The minimum absolute atomic E-state index is 0.0981. The van der Waals surface area contributed by atoms with Gasteiger partial charge in [0, 0.05) is 16.5 Å². The maximum absolute atomic E-state index is 12.4. The number of rotatable bonds is 9. The van der Waals surface area contributed by atoms with Crippen LogP contribution in [0.15, 0.2) is 108 Å². The number of phenols is 1. The molecule has 0 aliphatic carbocycles. The molecule has 0 fully saturated rings. The number of azo groups is 1. The minimum Gasteiger partial charge on any atom is -0.505 e. The molecule has 0 unspecified atom stereocenters. The second-order valence-electron chi connectivity index (χ2n) is 11.6. The first-order valence-electron chi connectivity index (χ1n) is 14.5. The van der Waals surface area contributed by atoms with E-state index in [4.69, 9.17) is 0 Å². The Balaban J connectivity index is 0.00000112. The second kappa shape index (κ2) is 15.2. The van der Waals surface area contributed by atoms with Crippen molar-refractivity contribution in [3.05, 3.63) is 73.0 Å². The molecule has 0 radical (unpaired) electrons. The van der Waals surface area contributed by atoms with Crippen LogP contribution in [0.3, 0.4) is 0 Å². The van der Waals surface area contributed by atoms with E-state index in [1.807, 2.05) is 6.92 Å². The Morgan fingerprint density at radius 2 is 1.29 bits per heavy atom. The third-order valence-electron chi connectivity index (χ3n) is 7.09. The van der Waals surface area contributed by atoms with Gasteiger partial charge in [-0.3, -0.25) is 18.2 Å². The minimum atomic E-state index is -5.29. The van der Waals surface area contributed by atoms with Crippen LogP contribution in [0, 0.1) is 5.92 Å². The molecule has 0 aliphatic heterocycles. The van der Waals surface area contributed by atoms with Crippen molar-refractivity contribution in [2.45, 2.75) is 54.2 Å². The molecule has 0 aliphatic rings. The predicted octanol–water partition coefficient (Wildman–Crippen LogP) is 6.49. The van der Waals surface area contributed by atoms with Gasteiger partial charge in [-0.15, -0.1) is 10.2 Å². The van der Waals surface area contributed by atoms with Crippen LogP contribution in [0.5, 0.6) is 5.75 Å². The standard InChI is InChI=1S/C25H22N4O13S4.C6H12/c1-12(2)26-13(3)27-19-11-15(43(31,32)33)9-14-10-21(45(37,38)39)23(24(30)22(14)19)29-28-18-8-7-16-17(25(18)46(40,41)42)5-4-6-20(16)44(34,35)36;1-5(2)6(3)4/h4-11,30H,1H2,2-3H3,(H,26,27)(H,31,32,33)(H,34,35,36)(H,37,38,39)(H,40,41,42);6H,1H2,2-4H3. The molecule has 17 nitrogen and oxygen atoms in total. The molecule has 280 valence electrons. The van der Waals surface area contributed by atoms with E-state index in [1.54, 1.807) is 6.92 Å². The van der Waals surface area contributed by atoms with E-state index in [0.29, 0.717) is 17.7 Å². The molecule has 0 bridgehead atoms. The number of nitrogens with zero attached hydrogens (tertiary/aromatic N) is 3. The Morgan fingerprint density at radius 1 is 0.712 bits per heavy atom. The van der Waals surface area contributed by atoms with Crippen molar-refractivity contribution < 1.29 is 57.0 Å². The summed E-state index contributed by atoms with van der Waals surface area (Å²) in [5.41, 5.74) is -0.392. The van der Waals surface area contributed by atoms with Crippen molar-refractivity contribution in [1.82, 2.24) is 5.32 Å². The molecule has 52 heavy (non-hydrogen) atoms. The maximum Gasteiger partial charge on any atom is 0.297 e. The van der Waals surface area contributed by atoms with Gasteiger partial charge < -0.3 is 10.4 Å². The highest BCUT2D eigenvalue weighted by molar-refractivity contribution is 7.87. The van der Waals surface area contributed by atoms with Crippen LogP contribution in [0.2, 0.25) is 0 Å². The third kappa shape index (κ3) is 9.83. The van der Waals surface area contributed by atoms with E-state index in [2.05, 4.69) is 47.5 Å². The first-order valence-corrected chi connectivity index (χ1v) is 20.2. The Bertz CT molecular complexity index is 2650. The molecule has 21 heteroatoms. The van der Waals surface area contributed by atoms with Gasteiger partial charge in [0.2, 0.25) is 0 Å². The number of aromatic hydroxyl groups is 1. The van der Waals surface area contributed by atoms with Gasteiger partial charge in [0.15, 0.2) is 5.75 Å². The van der Waals surface area contributed by atoms with Gasteiger partial charge in [-0.05, 0) is 62.4 Å². The van der Waals surface area contributed by atoms with E-state index in [0.717, 1.165) is 42.5 Å². The molecule has 0 heterocycles. The fourth-order valence-corrected chi connectivity index (χ4v) is 7.18. The van der Waals surface area contributed by atoms with Crippen molar-refractivity contribution >= 4 is 84.9 Å². The van der Waals surface area contributed by atoms with Crippen LogP contribution in [0.25, 0.3) is 21.5 Å². The predicted molar refractivity (Wildman–Crippen MR) is 193 cm³/mol. The van der Waals surface area contributed by atoms with Crippen molar-refractivity contribution in [2.75, 3.05) is 0 Å². The fourth-order valence-electron chi connectivity index (χ4n) is 4.45. The van der Waals surface area contributed by atoms with Gasteiger partial charge in [-0.25, -0.2) is 4.99 Å². The van der Waals surface area contributed by atoms with Crippen LogP contribution >= 0.6 is 0 Å². The van der Waals surface area contributed by atoms with Crippen molar-refractivity contribution in [1.29, 1.82) is 0 Å². The summed E-state index contributed by atoms with van der Waals surface area (Å²) >= 11 is 0. The van der Waals surface area contributed by atoms with Crippen LogP contribution in [0.4, 0.5) is 17.1 Å². The lowest BCUT2D eigenvalue weighted by Crippen LogP contribution is -2.16. The molecule has 4 aromatic carbocycles. The number of hydrogen-bond donors (Lipinski definition) is 6. The Hall–Kier alpha value is -4.61. The van der Waals surface area contributed by atoms with Crippen LogP contribution in [0.1, 0.15) is 34.6 Å². The lowest BCUT2D eigenvalue weighted by molar-refractivity contribution is 0.472.